The number of nitrogens with zero attached hydrogens (tertiary/aromatic N) is 2. The number of pyridine rings is 1. The Hall–Kier alpha value is -2.18. The Kier molecular flexibility index (Phi) is 6.19. The van der Waals surface area contributed by atoms with Gasteiger partial charge in [0, 0.05) is 25.0 Å². The van der Waals surface area contributed by atoms with E-state index in [0.717, 1.165) is 49.5 Å². The van der Waals surface area contributed by atoms with Gasteiger partial charge in [-0.3, -0.25) is 14.7 Å². The highest BCUT2D eigenvalue weighted by Crippen LogP contribution is 2.20. The summed E-state index contributed by atoms with van der Waals surface area (Å²) in [6.07, 6.45) is 0.196. The zero-order valence-electron chi connectivity index (χ0n) is 14.6. The molecule has 25 heavy (non-hydrogen) atoms. The lowest BCUT2D eigenvalue weighted by Crippen LogP contribution is -2.38. The molecule has 0 bridgehead atoms. The van der Waals surface area contributed by atoms with Crippen molar-refractivity contribution < 1.29 is 19.0 Å². The van der Waals surface area contributed by atoms with Crippen LogP contribution >= 0.6 is 0 Å². The second kappa shape index (κ2) is 8.78. The van der Waals surface area contributed by atoms with Crippen molar-refractivity contribution in [2.24, 2.45) is 0 Å². The Balaban J connectivity index is 1.57. The molecule has 0 radical (unpaired) electrons. The average molecular weight is 344 g/mol. The molecule has 134 valence electrons. The molecule has 1 aromatic carbocycles. The molecule has 1 aliphatic heterocycles. The van der Waals surface area contributed by atoms with E-state index in [4.69, 9.17) is 14.2 Å². The summed E-state index contributed by atoms with van der Waals surface area (Å²) in [5.41, 5.74) is 1.56. The van der Waals surface area contributed by atoms with Gasteiger partial charge in [0.05, 0.1) is 37.5 Å². The Bertz CT molecular complexity index is 714. The highest BCUT2D eigenvalue weighted by molar-refractivity contribution is 5.81. The number of hydrogen-bond donors (Lipinski definition) is 0. The molecule has 6 heteroatoms. The first kappa shape index (κ1) is 17.6. The Morgan fingerprint density at radius 3 is 2.88 bits per heavy atom. The van der Waals surface area contributed by atoms with E-state index in [-0.39, 0.29) is 12.4 Å². The first-order chi connectivity index (χ1) is 12.2. The van der Waals surface area contributed by atoms with Crippen LogP contribution in [0.5, 0.6) is 5.75 Å². The third-order valence-electron chi connectivity index (χ3n) is 4.13. The van der Waals surface area contributed by atoms with Crippen LogP contribution in [0.15, 0.2) is 30.3 Å². The van der Waals surface area contributed by atoms with Crippen LogP contribution in [-0.4, -0.2) is 61.9 Å². The summed E-state index contributed by atoms with van der Waals surface area (Å²) in [5.74, 6) is 0.582. The van der Waals surface area contributed by atoms with Crippen molar-refractivity contribution in [1.29, 1.82) is 0 Å². The third kappa shape index (κ3) is 5.14. The molecule has 0 amide bonds. The monoisotopic (exact) mass is 344 g/mol. The fourth-order valence-corrected chi connectivity index (χ4v) is 2.81. The van der Waals surface area contributed by atoms with Gasteiger partial charge in [-0.05, 0) is 31.2 Å². The van der Waals surface area contributed by atoms with Gasteiger partial charge in [-0.1, -0.05) is 6.07 Å². The van der Waals surface area contributed by atoms with Crippen LogP contribution < -0.4 is 4.74 Å². The van der Waals surface area contributed by atoms with E-state index in [1.165, 1.54) is 0 Å². The van der Waals surface area contributed by atoms with Crippen LogP contribution in [0, 0.1) is 0 Å². The molecule has 0 spiro atoms. The maximum atomic E-state index is 11.6. The highest BCUT2D eigenvalue weighted by Gasteiger charge is 2.10. The first-order valence-electron chi connectivity index (χ1n) is 8.73. The molecule has 0 saturated carbocycles. The predicted molar refractivity (Wildman–Crippen MR) is 94.8 cm³/mol. The van der Waals surface area contributed by atoms with Crippen molar-refractivity contribution in [3.8, 4) is 5.75 Å². The summed E-state index contributed by atoms with van der Waals surface area (Å²) in [6, 6.07) is 9.65. The van der Waals surface area contributed by atoms with Gasteiger partial charge in [0.25, 0.3) is 0 Å². The maximum Gasteiger partial charge on any atom is 0.311 e. The first-order valence-corrected chi connectivity index (χ1v) is 8.73. The summed E-state index contributed by atoms with van der Waals surface area (Å²) in [6.45, 7) is 7.27. The van der Waals surface area contributed by atoms with Gasteiger partial charge in [0.2, 0.25) is 0 Å². The molecular weight excluding hydrogens is 320 g/mol. The highest BCUT2D eigenvalue weighted by atomic mass is 16.5. The SMILES string of the molecule is CCOC(=O)Cc1ccc2cc(OCCN3CCOCC3)ccc2n1. The lowest BCUT2D eigenvalue weighted by molar-refractivity contribution is -0.142. The zero-order valence-corrected chi connectivity index (χ0v) is 14.6. The van der Waals surface area contributed by atoms with E-state index < -0.39 is 0 Å². The Morgan fingerprint density at radius 1 is 1.24 bits per heavy atom. The van der Waals surface area contributed by atoms with Crippen molar-refractivity contribution >= 4 is 16.9 Å². The zero-order chi connectivity index (χ0) is 17.5. The molecule has 1 fully saturated rings. The van der Waals surface area contributed by atoms with Crippen LogP contribution in [0.3, 0.4) is 0 Å². The lowest BCUT2D eigenvalue weighted by Gasteiger charge is -2.26. The van der Waals surface area contributed by atoms with Crippen molar-refractivity contribution in [1.82, 2.24) is 9.88 Å². The fourth-order valence-electron chi connectivity index (χ4n) is 2.81. The molecule has 0 aliphatic carbocycles. The van der Waals surface area contributed by atoms with Gasteiger partial charge in [-0.2, -0.15) is 0 Å². The van der Waals surface area contributed by atoms with E-state index in [9.17, 15) is 4.79 Å². The molecule has 0 N–H and O–H groups in total. The number of aromatic nitrogens is 1. The number of ether oxygens (including phenoxy) is 3. The van der Waals surface area contributed by atoms with Gasteiger partial charge in [0.1, 0.15) is 12.4 Å². The van der Waals surface area contributed by atoms with Gasteiger partial charge in [0.15, 0.2) is 0 Å². The molecule has 3 rings (SSSR count). The second-order valence-corrected chi connectivity index (χ2v) is 5.94. The minimum atomic E-state index is -0.252. The van der Waals surface area contributed by atoms with Crippen LogP contribution in [0.1, 0.15) is 12.6 Å². The molecule has 6 nitrogen and oxygen atoms in total. The molecule has 0 unspecified atom stereocenters. The topological polar surface area (TPSA) is 60.9 Å². The number of fused-ring (bicyclic) bond motifs is 1. The Labute approximate surface area is 147 Å². The van der Waals surface area contributed by atoms with Gasteiger partial charge in [-0.15, -0.1) is 0 Å². The maximum absolute atomic E-state index is 11.6. The molecule has 0 atom stereocenters. The standard InChI is InChI=1S/C19H24N2O4/c1-2-24-19(22)14-16-4-3-15-13-17(5-6-18(15)20-16)25-12-9-21-7-10-23-11-8-21/h3-6,13H,2,7-12,14H2,1H3. The Morgan fingerprint density at radius 2 is 2.08 bits per heavy atom. The average Bonchev–Trinajstić information content (AvgIpc) is 2.63. The number of carbonyl (C=O) groups excluding carboxylic acids is 1. The van der Waals surface area contributed by atoms with Crippen molar-refractivity contribution in [2.75, 3.05) is 46.1 Å². The summed E-state index contributed by atoms with van der Waals surface area (Å²) in [7, 11) is 0. The number of esters is 1. The smallest absolute Gasteiger partial charge is 0.311 e. The number of rotatable bonds is 7. The quantitative estimate of drug-likeness (QED) is 0.717. The number of hydrogen-bond acceptors (Lipinski definition) is 6. The van der Waals surface area contributed by atoms with Crippen LogP contribution in [0.2, 0.25) is 0 Å². The summed E-state index contributed by atoms with van der Waals surface area (Å²) in [4.78, 5) is 18.4. The van der Waals surface area contributed by atoms with Gasteiger partial charge in [-0.25, -0.2) is 0 Å². The molecule has 1 aromatic heterocycles. The fraction of sp³-hybridized carbons (Fsp3) is 0.474. The van der Waals surface area contributed by atoms with Crippen molar-refractivity contribution in [2.45, 2.75) is 13.3 Å². The molecule has 2 heterocycles. The number of carbonyl (C=O) groups is 1. The minimum absolute atomic E-state index is 0.196. The van der Waals surface area contributed by atoms with Gasteiger partial charge >= 0.3 is 5.97 Å². The molecule has 2 aromatic rings. The van der Waals surface area contributed by atoms with Gasteiger partial charge < -0.3 is 14.2 Å². The lowest BCUT2D eigenvalue weighted by atomic mass is 10.1. The van der Waals surface area contributed by atoms with Crippen LogP contribution in [-0.2, 0) is 20.7 Å². The molecule has 1 saturated heterocycles. The van der Waals surface area contributed by atoms with E-state index in [2.05, 4.69) is 9.88 Å². The number of morpholine rings is 1. The summed E-state index contributed by atoms with van der Waals surface area (Å²) >= 11 is 0. The minimum Gasteiger partial charge on any atom is -0.492 e. The number of benzene rings is 1. The van der Waals surface area contributed by atoms with Crippen LogP contribution in [0.25, 0.3) is 10.9 Å². The van der Waals surface area contributed by atoms with Crippen molar-refractivity contribution in [3.05, 3.63) is 36.0 Å². The van der Waals surface area contributed by atoms with E-state index in [1.54, 1.807) is 6.92 Å². The summed E-state index contributed by atoms with van der Waals surface area (Å²) < 4.78 is 16.2. The second-order valence-electron chi connectivity index (χ2n) is 5.94. The third-order valence-corrected chi connectivity index (χ3v) is 4.13. The van der Waals surface area contributed by atoms with Crippen molar-refractivity contribution in [3.63, 3.8) is 0 Å². The van der Waals surface area contributed by atoms with E-state index >= 15 is 0 Å². The summed E-state index contributed by atoms with van der Waals surface area (Å²) in [5, 5.41) is 0.997. The largest absolute Gasteiger partial charge is 0.492 e. The van der Waals surface area contributed by atoms with E-state index in [0.29, 0.717) is 18.9 Å². The predicted octanol–water partition coefficient (Wildman–Crippen LogP) is 2.05. The normalized spacial score (nSPS) is 15.2. The molecule has 1 aliphatic rings. The van der Waals surface area contributed by atoms with Crippen LogP contribution in [0.4, 0.5) is 0 Å². The molecular formula is C19H24N2O4. The van der Waals surface area contributed by atoms with E-state index in [1.807, 2.05) is 30.3 Å².